The first-order valence-electron chi connectivity index (χ1n) is 5.44. The van der Waals surface area contributed by atoms with Gasteiger partial charge in [0.1, 0.15) is 11.8 Å². The fourth-order valence-electron chi connectivity index (χ4n) is 1.39. The molecule has 12 heteroatoms. The Labute approximate surface area is 129 Å². The van der Waals surface area contributed by atoms with Crippen LogP contribution in [-0.4, -0.2) is 24.6 Å². The van der Waals surface area contributed by atoms with Gasteiger partial charge in [0.15, 0.2) is 0 Å². The third-order valence-corrected chi connectivity index (χ3v) is 2.52. The number of benzene rings is 1. The third kappa shape index (κ3) is 4.56. The maximum absolute atomic E-state index is 13.1. The molecule has 134 valence electrons. The van der Waals surface area contributed by atoms with Gasteiger partial charge in [0.25, 0.3) is 0 Å². The van der Waals surface area contributed by atoms with Gasteiger partial charge in [0, 0.05) is 5.56 Å². The molecule has 2 N–H and O–H groups in total. The SMILES string of the molecule is Cl.N[C@H](c1ccccc1OC(F)(F)C(F)F)C(F)(F)C(F)(F)F. The van der Waals surface area contributed by atoms with Crippen molar-refractivity contribution >= 4 is 12.4 Å². The van der Waals surface area contributed by atoms with Gasteiger partial charge >= 0.3 is 24.6 Å². The standard InChI is InChI=1S/C11H8F9NO.ClH/c12-8(13)10(16,17)22-6-4-2-1-3-5(6)7(21)9(14,15)11(18,19)20;/h1-4,7-8H,21H2;1H/t7-;/m1./s1. The predicted molar refractivity (Wildman–Crippen MR) is 63.2 cm³/mol. The molecule has 0 unspecified atom stereocenters. The summed E-state index contributed by atoms with van der Waals surface area (Å²) in [6.45, 7) is 0. The fraction of sp³-hybridized carbons (Fsp3) is 0.455. The van der Waals surface area contributed by atoms with Crippen molar-refractivity contribution in [3.05, 3.63) is 29.8 Å². The van der Waals surface area contributed by atoms with E-state index in [1.165, 1.54) is 0 Å². The van der Waals surface area contributed by atoms with Crippen LogP contribution in [0.2, 0.25) is 0 Å². The van der Waals surface area contributed by atoms with Gasteiger partial charge in [-0.15, -0.1) is 12.4 Å². The summed E-state index contributed by atoms with van der Waals surface area (Å²) in [4.78, 5) is 0. The summed E-state index contributed by atoms with van der Waals surface area (Å²) in [5.41, 5.74) is 3.58. The fourth-order valence-corrected chi connectivity index (χ4v) is 1.39. The summed E-state index contributed by atoms with van der Waals surface area (Å²) in [6, 6.07) is -0.218. The van der Waals surface area contributed by atoms with Gasteiger partial charge in [-0.25, -0.2) is 0 Å². The quantitative estimate of drug-likeness (QED) is 0.765. The molecule has 0 saturated heterocycles. The van der Waals surface area contributed by atoms with Gasteiger partial charge in [-0.1, -0.05) is 18.2 Å². The Morgan fingerprint density at radius 1 is 0.913 bits per heavy atom. The van der Waals surface area contributed by atoms with E-state index in [9.17, 15) is 39.5 Å². The number of alkyl halides is 9. The van der Waals surface area contributed by atoms with Crippen LogP contribution in [0.25, 0.3) is 0 Å². The molecule has 0 aromatic heterocycles. The van der Waals surface area contributed by atoms with Gasteiger partial charge in [-0.3, -0.25) is 0 Å². The van der Waals surface area contributed by atoms with E-state index in [4.69, 9.17) is 5.73 Å². The van der Waals surface area contributed by atoms with Crippen LogP contribution in [0.1, 0.15) is 11.6 Å². The number of para-hydroxylation sites is 1. The molecule has 0 bridgehead atoms. The number of nitrogens with two attached hydrogens (primary N) is 1. The van der Waals surface area contributed by atoms with Crippen molar-refractivity contribution in [3.8, 4) is 5.75 Å². The number of hydrogen-bond donors (Lipinski definition) is 1. The summed E-state index contributed by atoms with van der Waals surface area (Å²) in [7, 11) is 0. The molecule has 0 radical (unpaired) electrons. The molecule has 1 atom stereocenters. The number of ether oxygens (including phenoxy) is 1. The molecule has 23 heavy (non-hydrogen) atoms. The second kappa shape index (κ2) is 7.04. The van der Waals surface area contributed by atoms with Crippen LogP contribution < -0.4 is 10.5 Å². The molecule has 0 fully saturated rings. The minimum absolute atomic E-state index is 0. The van der Waals surface area contributed by atoms with Crippen LogP contribution in [0.15, 0.2) is 24.3 Å². The molecule has 0 heterocycles. The average molecular weight is 378 g/mol. The largest absolute Gasteiger partial charge is 0.461 e. The van der Waals surface area contributed by atoms with Crippen LogP contribution in [0.5, 0.6) is 5.75 Å². The second-order valence-electron chi connectivity index (χ2n) is 4.10. The van der Waals surface area contributed by atoms with Crippen LogP contribution >= 0.6 is 12.4 Å². The topological polar surface area (TPSA) is 35.2 Å². The van der Waals surface area contributed by atoms with Gasteiger partial charge in [-0.2, -0.15) is 39.5 Å². The molecule has 0 aliphatic carbocycles. The lowest BCUT2D eigenvalue weighted by molar-refractivity contribution is -0.291. The monoisotopic (exact) mass is 377 g/mol. The zero-order chi connectivity index (χ0) is 17.3. The van der Waals surface area contributed by atoms with E-state index in [1.54, 1.807) is 0 Å². The highest BCUT2D eigenvalue weighted by molar-refractivity contribution is 5.85. The van der Waals surface area contributed by atoms with E-state index in [2.05, 4.69) is 4.74 Å². The van der Waals surface area contributed by atoms with E-state index in [0.29, 0.717) is 12.1 Å². The number of rotatable bonds is 5. The molecule has 0 saturated carbocycles. The Hall–Kier alpha value is -1.36. The summed E-state index contributed by atoms with van der Waals surface area (Å²) in [6.07, 6.45) is -15.5. The van der Waals surface area contributed by atoms with Crippen LogP contribution in [0.4, 0.5) is 39.5 Å². The van der Waals surface area contributed by atoms with Crippen molar-refractivity contribution in [2.24, 2.45) is 5.73 Å². The van der Waals surface area contributed by atoms with Crippen molar-refractivity contribution in [3.63, 3.8) is 0 Å². The molecule has 0 aliphatic rings. The highest BCUT2D eigenvalue weighted by Gasteiger charge is 2.62. The summed E-state index contributed by atoms with van der Waals surface area (Å²) >= 11 is 0. The van der Waals surface area contributed by atoms with Crippen molar-refractivity contribution in [2.45, 2.75) is 30.7 Å². The lowest BCUT2D eigenvalue weighted by Gasteiger charge is -2.28. The van der Waals surface area contributed by atoms with Gasteiger partial charge < -0.3 is 10.5 Å². The minimum Gasteiger partial charge on any atom is -0.428 e. The van der Waals surface area contributed by atoms with Crippen LogP contribution in [-0.2, 0) is 0 Å². The highest BCUT2D eigenvalue weighted by Crippen LogP contribution is 2.45. The molecule has 0 aliphatic heterocycles. The first-order valence-corrected chi connectivity index (χ1v) is 5.44. The normalized spacial score (nSPS) is 14.4. The summed E-state index contributed by atoms with van der Waals surface area (Å²) in [5.74, 6) is -6.78. The maximum atomic E-state index is 13.1. The summed E-state index contributed by atoms with van der Waals surface area (Å²) < 4.78 is 116. The Balaban J connectivity index is 0.00000484. The van der Waals surface area contributed by atoms with Crippen molar-refractivity contribution < 1.29 is 44.3 Å². The highest BCUT2D eigenvalue weighted by atomic mass is 35.5. The molecule has 1 rings (SSSR count). The summed E-state index contributed by atoms with van der Waals surface area (Å²) in [5, 5.41) is 0. The molecule has 1 aromatic carbocycles. The Bertz CT molecular complexity index is 520. The van der Waals surface area contributed by atoms with E-state index in [0.717, 1.165) is 12.1 Å². The zero-order valence-electron chi connectivity index (χ0n) is 10.8. The molecule has 0 amide bonds. The minimum atomic E-state index is -6.06. The number of halogens is 10. The first kappa shape index (κ1) is 21.6. The van der Waals surface area contributed by atoms with Crippen molar-refractivity contribution in [2.75, 3.05) is 0 Å². The molecular formula is C11H9ClF9NO. The Morgan fingerprint density at radius 3 is 1.83 bits per heavy atom. The molecule has 2 nitrogen and oxygen atoms in total. The smallest absolute Gasteiger partial charge is 0.428 e. The van der Waals surface area contributed by atoms with Crippen molar-refractivity contribution in [1.82, 2.24) is 0 Å². The maximum Gasteiger partial charge on any atom is 0.461 e. The van der Waals surface area contributed by atoms with E-state index < -0.39 is 42.0 Å². The molecule has 1 aromatic rings. The Kier molecular flexibility index (Phi) is 6.62. The van der Waals surface area contributed by atoms with Gasteiger partial charge in [-0.05, 0) is 6.07 Å². The molecule has 0 spiro atoms. The predicted octanol–water partition coefficient (Wildman–Crippen LogP) is 4.54. The zero-order valence-corrected chi connectivity index (χ0v) is 11.6. The van der Waals surface area contributed by atoms with Crippen molar-refractivity contribution in [1.29, 1.82) is 0 Å². The van der Waals surface area contributed by atoms with Crippen LogP contribution in [0.3, 0.4) is 0 Å². The second-order valence-corrected chi connectivity index (χ2v) is 4.10. The van der Waals surface area contributed by atoms with Gasteiger partial charge in [0.2, 0.25) is 0 Å². The lowest BCUT2D eigenvalue weighted by Crippen LogP contribution is -2.46. The average Bonchev–Trinajstić information content (AvgIpc) is 2.36. The van der Waals surface area contributed by atoms with E-state index in [1.807, 2.05) is 0 Å². The van der Waals surface area contributed by atoms with Gasteiger partial charge in [0.05, 0.1) is 0 Å². The third-order valence-electron chi connectivity index (χ3n) is 2.52. The lowest BCUT2D eigenvalue weighted by atomic mass is 10.00. The van der Waals surface area contributed by atoms with E-state index >= 15 is 0 Å². The first-order chi connectivity index (χ1) is 9.80. The number of hydrogen-bond acceptors (Lipinski definition) is 2. The Morgan fingerprint density at radius 2 is 1.39 bits per heavy atom. The van der Waals surface area contributed by atoms with E-state index in [-0.39, 0.29) is 12.4 Å². The molecular weight excluding hydrogens is 369 g/mol. The van der Waals surface area contributed by atoms with Crippen LogP contribution in [0, 0.1) is 0 Å².